The minimum absolute atomic E-state index is 0.162. The van der Waals surface area contributed by atoms with E-state index in [1.54, 1.807) is 30.3 Å². The molecule has 0 fully saturated rings. The highest BCUT2D eigenvalue weighted by molar-refractivity contribution is 7.90. The highest BCUT2D eigenvalue weighted by Crippen LogP contribution is 2.26. The van der Waals surface area contributed by atoms with Gasteiger partial charge >= 0.3 is 0 Å². The summed E-state index contributed by atoms with van der Waals surface area (Å²) < 4.78 is 29.9. The van der Waals surface area contributed by atoms with E-state index in [0.29, 0.717) is 16.3 Å². The molecule has 2 heterocycles. The Balaban J connectivity index is 1.84. The quantitative estimate of drug-likeness (QED) is 0.736. The Morgan fingerprint density at radius 2 is 1.95 bits per heavy atom. The van der Waals surface area contributed by atoms with Crippen molar-refractivity contribution in [1.29, 1.82) is 0 Å². The molecule has 108 valence electrons. The molecular weight excluding hydrogens is 306 g/mol. The lowest BCUT2D eigenvalue weighted by Gasteiger charge is -2.02. The molecule has 0 saturated heterocycles. The van der Waals surface area contributed by atoms with Gasteiger partial charge in [0.25, 0.3) is 0 Å². The van der Waals surface area contributed by atoms with Crippen LogP contribution in [0.15, 0.2) is 57.3 Å². The van der Waals surface area contributed by atoms with Crippen LogP contribution in [0.4, 0.5) is 0 Å². The van der Waals surface area contributed by atoms with Crippen molar-refractivity contribution in [2.75, 3.05) is 0 Å². The van der Waals surface area contributed by atoms with E-state index in [9.17, 15) is 8.42 Å². The van der Waals surface area contributed by atoms with E-state index in [1.807, 2.05) is 24.4 Å². The topological polar surface area (TPSA) is 60.2 Å². The van der Waals surface area contributed by atoms with E-state index in [-0.39, 0.29) is 5.75 Å². The Bertz CT molecular complexity index is 831. The maximum atomic E-state index is 12.3. The van der Waals surface area contributed by atoms with Gasteiger partial charge in [-0.1, -0.05) is 28.9 Å². The van der Waals surface area contributed by atoms with Gasteiger partial charge in [0.05, 0.1) is 15.5 Å². The first-order valence-electron chi connectivity index (χ1n) is 6.33. The van der Waals surface area contributed by atoms with E-state index in [1.165, 1.54) is 11.3 Å². The lowest BCUT2D eigenvalue weighted by atomic mass is 10.2. The molecule has 6 heteroatoms. The van der Waals surface area contributed by atoms with Crippen LogP contribution in [0.25, 0.3) is 10.6 Å². The maximum absolute atomic E-state index is 12.3. The Hall–Kier alpha value is -1.92. The van der Waals surface area contributed by atoms with E-state index >= 15 is 0 Å². The van der Waals surface area contributed by atoms with Gasteiger partial charge in [0.15, 0.2) is 15.6 Å². The highest BCUT2D eigenvalue weighted by atomic mass is 32.2. The Labute approximate surface area is 127 Å². The molecule has 0 spiro atoms. The standard InChI is InChI=1S/C15H13NO3S2/c1-11-4-6-13(7-5-11)21(17,18)10-12-9-14(19-16-12)15-3-2-8-20-15/h2-9H,10H2,1H3. The number of hydrogen-bond acceptors (Lipinski definition) is 5. The Morgan fingerprint density at radius 1 is 1.19 bits per heavy atom. The fourth-order valence-corrected chi connectivity index (χ4v) is 3.85. The molecule has 0 radical (unpaired) electrons. The fraction of sp³-hybridized carbons (Fsp3) is 0.133. The second-order valence-corrected chi connectivity index (χ2v) is 7.67. The molecule has 21 heavy (non-hydrogen) atoms. The summed E-state index contributed by atoms with van der Waals surface area (Å²) in [6.07, 6.45) is 0. The number of aryl methyl sites for hydroxylation is 1. The smallest absolute Gasteiger partial charge is 0.184 e. The third-order valence-electron chi connectivity index (χ3n) is 3.04. The molecule has 0 bridgehead atoms. The minimum Gasteiger partial charge on any atom is -0.355 e. The predicted molar refractivity (Wildman–Crippen MR) is 81.9 cm³/mol. The molecule has 0 atom stereocenters. The third-order valence-corrected chi connectivity index (χ3v) is 5.59. The maximum Gasteiger partial charge on any atom is 0.184 e. The van der Waals surface area contributed by atoms with Crippen molar-refractivity contribution in [3.05, 3.63) is 59.1 Å². The molecule has 0 aliphatic carbocycles. The molecule has 0 amide bonds. The normalized spacial score (nSPS) is 11.7. The molecule has 1 aromatic carbocycles. The van der Waals surface area contributed by atoms with Crippen molar-refractivity contribution in [2.45, 2.75) is 17.6 Å². The monoisotopic (exact) mass is 319 g/mol. The van der Waals surface area contributed by atoms with Crippen molar-refractivity contribution < 1.29 is 12.9 Å². The van der Waals surface area contributed by atoms with Crippen molar-refractivity contribution in [2.24, 2.45) is 0 Å². The number of nitrogens with zero attached hydrogens (tertiary/aromatic N) is 1. The summed E-state index contributed by atoms with van der Waals surface area (Å²) in [6, 6.07) is 12.3. The predicted octanol–water partition coefficient (Wildman–Crippen LogP) is 3.69. The molecule has 0 aliphatic heterocycles. The van der Waals surface area contributed by atoms with E-state index in [0.717, 1.165) is 10.4 Å². The van der Waals surface area contributed by atoms with E-state index in [2.05, 4.69) is 5.16 Å². The summed E-state index contributed by atoms with van der Waals surface area (Å²) in [4.78, 5) is 1.23. The Morgan fingerprint density at radius 3 is 2.62 bits per heavy atom. The SMILES string of the molecule is Cc1ccc(S(=O)(=O)Cc2cc(-c3cccs3)on2)cc1. The van der Waals surface area contributed by atoms with Gasteiger partial charge in [0, 0.05) is 6.07 Å². The molecule has 2 aromatic heterocycles. The molecule has 0 unspecified atom stereocenters. The molecule has 0 saturated carbocycles. The summed E-state index contributed by atoms with van der Waals surface area (Å²) in [5.41, 5.74) is 1.44. The van der Waals surface area contributed by atoms with Crippen LogP contribution in [0.2, 0.25) is 0 Å². The summed E-state index contributed by atoms with van der Waals surface area (Å²) in [6.45, 7) is 1.92. The summed E-state index contributed by atoms with van der Waals surface area (Å²) in [5.74, 6) is 0.435. The molecular formula is C15H13NO3S2. The van der Waals surface area contributed by atoms with Crippen LogP contribution >= 0.6 is 11.3 Å². The second-order valence-electron chi connectivity index (χ2n) is 4.73. The first-order valence-corrected chi connectivity index (χ1v) is 8.87. The summed E-state index contributed by atoms with van der Waals surface area (Å²) in [7, 11) is -3.40. The average molecular weight is 319 g/mol. The number of aromatic nitrogens is 1. The first-order chi connectivity index (χ1) is 10.0. The first kappa shape index (κ1) is 14.0. The zero-order valence-corrected chi connectivity index (χ0v) is 12.9. The molecule has 0 N–H and O–H groups in total. The number of hydrogen-bond donors (Lipinski definition) is 0. The zero-order valence-electron chi connectivity index (χ0n) is 11.3. The molecule has 3 rings (SSSR count). The van der Waals surface area contributed by atoms with Gasteiger partial charge in [0.1, 0.15) is 5.75 Å². The lowest BCUT2D eigenvalue weighted by Crippen LogP contribution is -2.05. The lowest BCUT2D eigenvalue weighted by molar-refractivity contribution is 0.426. The van der Waals surface area contributed by atoms with Crippen LogP contribution in [0.5, 0.6) is 0 Å². The van der Waals surface area contributed by atoms with Gasteiger partial charge in [-0.3, -0.25) is 0 Å². The van der Waals surface area contributed by atoms with Crippen LogP contribution in [0, 0.1) is 6.92 Å². The average Bonchev–Trinajstić information content (AvgIpc) is 3.09. The van der Waals surface area contributed by atoms with Gasteiger partial charge in [-0.25, -0.2) is 8.42 Å². The van der Waals surface area contributed by atoms with Crippen molar-refractivity contribution in [1.82, 2.24) is 5.16 Å². The largest absolute Gasteiger partial charge is 0.355 e. The number of benzene rings is 1. The van der Waals surface area contributed by atoms with Crippen molar-refractivity contribution in [3.8, 4) is 10.6 Å². The van der Waals surface area contributed by atoms with Gasteiger partial charge in [-0.15, -0.1) is 11.3 Å². The number of rotatable bonds is 4. The third kappa shape index (κ3) is 3.06. The van der Waals surface area contributed by atoms with Crippen molar-refractivity contribution in [3.63, 3.8) is 0 Å². The van der Waals surface area contributed by atoms with Crippen LogP contribution in [0.1, 0.15) is 11.3 Å². The highest BCUT2D eigenvalue weighted by Gasteiger charge is 2.18. The summed E-state index contributed by atoms with van der Waals surface area (Å²) in [5, 5.41) is 5.78. The molecule has 0 aliphatic rings. The molecule has 4 nitrogen and oxygen atoms in total. The number of thiophene rings is 1. The molecule has 3 aromatic rings. The summed E-state index contributed by atoms with van der Waals surface area (Å²) >= 11 is 1.52. The van der Waals surface area contributed by atoms with E-state index in [4.69, 9.17) is 4.52 Å². The van der Waals surface area contributed by atoms with E-state index < -0.39 is 9.84 Å². The van der Waals surface area contributed by atoms with Gasteiger partial charge < -0.3 is 4.52 Å². The minimum atomic E-state index is -3.40. The van der Waals surface area contributed by atoms with Crippen LogP contribution in [-0.4, -0.2) is 13.6 Å². The fourth-order valence-electron chi connectivity index (χ4n) is 1.94. The zero-order chi connectivity index (χ0) is 14.9. The van der Waals surface area contributed by atoms with Gasteiger partial charge in [-0.05, 0) is 30.5 Å². The van der Waals surface area contributed by atoms with Crippen LogP contribution < -0.4 is 0 Å². The Kier molecular flexibility index (Phi) is 3.65. The number of sulfone groups is 1. The van der Waals surface area contributed by atoms with Crippen LogP contribution in [-0.2, 0) is 15.6 Å². The van der Waals surface area contributed by atoms with Crippen LogP contribution in [0.3, 0.4) is 0 Å². The second kappa shape index (κ2) is 5.46. The van der Waals surface area contributed by atoms with Gasteiger partial charge in [-0.2, -0.15) is 0 Å². The van der Waals surface area contributed by atoms with Crippen molar-refractivity contribution >= 4 is 21.2 Å². The van der Waals surface area contributed by atoms with Gasteiger partial charge in [0.2, 0.25) is 0 Å².